The smallest absolute Gasteiger partial charge is 0.303 e. The number of aryl methyl sites for hydroxylation is 1. The molecule has 1 N–H and O–H groups in total. The van der Waals surface area contributed by atoms with E-state index >= 15 is 0 Å². The number of nitrogens with zero attached hydrogens (tertiary/aromatic N) is 4. The Morgan fingerprint density at radius 3 is 2.93 bits per heavy atom. The lowest BCUT2D eigenvalue weighted by atomic mass is 10.1. The van der Waals surface area contributed by atoms with Crippen LogP contribution in [0.1, 0.15) is 28.9 Å². The first-order chi connectivity index (χ1) is 14.0. The Morgan fingerprint density at radius 2 is 2.10 bits per heavy atom. The number of amides is 1. The molecule has 0 saturated carbocycles. The van der Waals surface area contributed by atoms with Gasteiger partial charge >= 0.3 is 5.97 Å². The molecule has 146 valence electrons. The highest BCUT2D eigenvalue weighted by molar-refractivity contribution is 6.04. The predicted octanol–water partition coefficient (Wildman–Crippen LogP) is 3.01. The minimum atomic E-state index is -0.433. The molecule has 4 rings (SSSR count). The Hall–Kier alpha value is -4.01. The van der Waals surface area contributed by atoms with Crippen LogP contribution in [0, 0.1) is 6.92 Å². The Balaban J connectivity index is 1.57. The molecule has 0 aliphatic heterocycles. The van der Waals surface area contributed by atoms with Gasteiger partial charge in [0, 0.05) is 24.4 Å². The number of imidazole rings is 1. The highest BCUT2D eigenvalue weighted by Crippen LogP contribution is 2.24. The SMILES string of the molecule is CC(=O)OCc1nc(-c2ccc(C)c(NC(=O)c3cnc4ccccn34)c2)no1. The van der Waals surface area contributed by atoms with Crippen LogP contribution in [0.25, 0.3) is 17.0 Å². The van der Waals surface area contributed by atoms with Gasteiger partial charge in [0.05, 0.1) is 6.20 Å². The van der Waals surface area contributed by atoms with Crippen LogP contribution < -0.4 is 5.32 Å². The molecule has 0 fully saturated rings. The minimum Gasteiger partial charge on any atom is -0.456 e. The lowest BCUT2D eigenvalue weighted by Gasteiger charge is -2.09. The first-order valence-electron chi connectivity index (χ1n) is 8.81. The third-order valence-electron chi connectivity index (χ3n) is 4.26. The summed E-state index contributed by atoms with van der Waals surface area (Å²) < 4.78 is 11.7. The number of nitrogens with one attached hydrogen (secondary N) is 1. The summed E-state index contributed by atoms with van der Waals surface area (Å²) in [5.74, 6) is -0.199. The zero-order valence-electron chi connectivity index (χ0n) is 15.7. The van der Waals surface area contributed by atoms with Gasteiger partial charge in [-0.1, -0.05) is 23.4 Å². The van der Waals surface area contributed by atoms with Gasteiger partial charge in [0.1, 0.15) is 11.3 Å². The van der Waals surface area contributed by atoms with Gasteiger partial charge < -0.3 is 14.6 Å². The van der Waals surface area contributed by atoms with Crippen LogP contribution >= 0.6 is 0 Å². The van der Waals surface area contributed by atoms with Crippen molar-refractivity contribution >= 4 is 23.2 Å². The molecule has 3 heterocycles. The van der Waals surface area contributed by atoms with Crippen LogP contribution in [0.5, 0.6) is 0 Å². The summed E-state index contributed by atoms with van der Waals surface area (Å²) in [7, 11) is 0. The number of carbonyl (C=O) groups excluding carboxylic acids is 2. The average molecular weight is 391 g/mol. The van der Waals surface area contributed by atoms with E-state index in [-0.39, 0.29) is 18.4 Å². The van der Waals surface area contributed by atoms with Crippen LogP contribution in [0.4, 0.5) is 5.69 Å². The first-order valence-corrected chi connectivity index (χ1v) is 8.81. The largest absolute Gasteiger partial charge is 0.456 e. The number of benzene rings is 1. The fourth-order valence-electron chi connectivity index (χ4n) is 2.78. The van der Waals surface area contributed by atoms with Crippen molar-refractivity contribution in [3.8, 4) is 11.4 Å². The van der Waals surface area contributed by atoms with Crippen molar-refractivity contribution in [3.05, 3.63) is 65.9 Å². The lowest BCUT2D eigenvalue weighted by Crippen LogP contribution is -2.15. The number of fused-ring (bicyclic) bond motifs is 1. The van der Waals surface area contributed by atoms with Crippen LogP contribution in [-0.4, -0.2) is 31.4 Å². The van der Waals surface area contributed by atoms with Crippen molar-refractivity contribution in [2.24, 2.45) is 0 Å². The van der Waals surface area contributed by atoms with Crippen molar-refractivity contribution in [3.63, 3.8) is 0 Å². The molecular weight excluding hydrogens is 374 g/mol. The van der Waals surface area contributed by atoms with Crippen LogP contribution in [0.2, 0.25) is 0 Å². The topological polar surface area (TPSA) is 112 Å². The fraction of sp³-hybridized carbons (Fsp3) is 0.150. The molecule has 0 spiro atoms. The summed E-state index contributed by atoms with van der Waals surface area (Å²) in [4.78, 5) is 32.1. The zero-order chi connectivity index (χ0) is 20.4. The number of esters is 1. The maximum absolute atomic E-state index is 12.8. The molecule has 29 heavy (non-hydrogen) atoms. The molecule has 0 aliphatic carbocycles. The van der Waals surface area contributed by atoms with Gasteiger partial charge in [-0.3, -0.25) is 14.0 Å². The number of hydrogen-bond donors (Lipinski definition) is 1. The van der Waals surface area contributed by atoms with Gasteiger partial charge in [0.2, 0.25) is 5.82 Å². The van der Waals surface area contributed by atoms with E-state index in [9.17, 15) is 9.59 Å². The van der Waals surface area contributed by atoms with Gasteiger partial charge in [-0.2, -0.15) is 4.98 Å². The second kappa shape index (κ2) is 7.55. The van der Waals surface area contributed by atoms with Gasteiger partial charge in [-0.25, -0.2) is 4.98 Å². The van der Waals surface area contributed by atoms with E-state index in [2.05, 4.69) is 20.4 Å². The van der Waals surface area contributed by atoms with Crippen molar-refractivity contribution in [2.75, 3.05) is 5.32 Å². The number of carbonyl (C=O) groups is 2. The molecule has 0 unspecified atom stereocenters. The number of hydrogen-bond acceptors (Lipinski definition) is 7. The maximum atomic E-state index is 12.8. The number of rotatable bonds is 5. The van der Waals surface area contributed by atoms with Crippen LogP contribution in [0.15, 0.2) is 53.3 Å². The molecule has 4 aromatic rings. The second-order valence-corrected chi connectivity index (χ2v) is 6.35. The van der Waals surface area contributed by atoms with Crippen LogP contribution in [0.3, 0.4) is 0 Å². The molecule has 0 aliphatic rings. The van der Waals surface area contributed by atoms with Gasteiger partial charge in [-0.05, 0) is 30.7 Å². The van der Waals surface area contributed by atoms with Gasteiger partial charge in [0.15, 0.2) is 6.61 Å². The third kappa shape index (κ3) is 3.84. The first kappa shape index (κ1) is 18.4. The normalized spacial score (nSPS) is 10.8. The minimum absolute atomic E-state index is 0.0912. The summed E-state index contributed by atoms with van der Waals surface area (Å²) in [6.07, 6.45) is 3.31. The predicted molar refractivity (Wildman–Crippen MR) is 103 cm³/mol. The van der Waals surface area contributed by atoms with Crippen LogP contribution in [-0.2, 0) is 16.1 Å². The molecule has 9 nitrogen and oxygen atoms in total. The van der Waals surface area contributed by atoms with Gasteiger partial charge in [0.25, 0.3) is 11.8 Å². The molecule has 0 bridgehead atoms. The van der Waals surface area contributed by atoms with E-state index in [1.807, 2.05) is 37.3 Å². The zero-order valence-corrected chi connectivity index (χ0v) is 15.7. The monoisotopic (exact) mass is 391 g/mol. The summed E-state index contributed by atoms with van der Waals surface area (Å²) in [6, 6.07) is 10.9. The quantitative estimate of drug-likeness (QED) is 0.521. The summed E-state index contributed by atoms with van der Waals surface area (Å²) in [5.41, 5.74) is 3.26. The summed E-state index contributed by atoms with van der Waals surface area (Å²) in [6.45, 7) is 3.10. The lowest BCUT2D eigenvalue weighted by molar-refractivity contribution is -0.143. The van der Waals surface area contributed by atoms with E-state index in [1.165, 1.54) is 13.1 Å². The van der Waals surface area contributed by atoms with Crippen molar-refractivity contribution in [1.29, 1.82) is 0 Å². The van der Waals surface area contributed by atoms with E-state index in [0.717, 1.165) is 5.56 Å². The molecule has 0 radical (unpaired) electrons. The Morgan fingerprint density at radius 1 is 1.24 bits per heavy atom. The molecule has 1 aromatic carbocycles. The van der Waals surface area contributed by atoms with E-state index in [1.54, 1.807) is 16.7 Å². The Kier molecular flexibility index (Phi) is 4.78. The van der Waals surface area contributed by atoms with E-state index < -0.39 is 5.97 Å². The Labute approximate surface area is 165 Å². The Bertz CT molecular complexity index is 1210. The third-order valence-corrected chi connectivity index (χ3v) is 4.26. The van der Waals surface area contributed by atoms with Crippen molar-refractivity contribution in [2.45, 2.75) is 20.5 Å². The number of aromatic nitrogens is 4. The molecule has 9 heteroatoms. The average Bonchev–Trinajstić information content (AvgIpc) is 3.35. The molecule has 3 aromatic heterocycles. The van der Waals surface area contributed by atoms with Gasteiger partial charge in [-0.15, -0.1) is 0 Å². The molecular formula is C20H17N5O4. The second-order valence-electron chi connectivity index (χ2n) is 6.35. The van der Waals surface area contributed by atoms with Crippen molar-refractivity contribution < 1.29 is 18.8 Å². The fourth-order valence-corrected chi connectivity index (χ4v) is 2.78. The molecule has 1 amide bonds. The standard InChI is InChI=1S/C20H17N5O4/c1-12-6-7-14(19-23-18(29-24-19)11-28-13(2)26)9-15(12)22-20(27)16-10-21-17-5-3-4-8-25(16)17/h3-10H,11H2,1-2H3,(H,22,27). The number of ether oxygens (including phenoxy) is 1. The molecule has 0 saturated heterocycles. The number of anilines is 1. The number of pyridine rings is 1. The highest BCUT2D eigenvalue weighted by Gasteiger charge is 2.15. The van der Waals surface area contributed by atoms with E-state index in [4.69, 9.17) is 9.26 Å². The maximum Gasteiger partial charge on any atom is 0.303 e. The summed E-state index contributed by atoms with van der Waals surface area (Å²) in [5, 5.41) is 6.81. The summed E-state index contributed by atoms with van der Waals surface area (Å²) >= 11 is 0. The van der Waals surface area contributed by atoms with Crippen molar-refractivity contribution in [1.82, 2.24) is 19.5 Å². The molecule has 0 atom stereocenters. The highest BCUT2D eigenvalue weighted by atomic mass is 16.6. The van der Waals surface area contributed by atoms with E-state index in [0.29, 0.717) is 28.4 Å².